The Morgan fingerprint density at radius 2 is 1.24 bits per heavy atom. The maximum Gasteiger partial charge on any atom is 0.110 e. The predicted molar refractivity (Wildman–Crippen MR) is 167 cm³/mol. The Kier molecular flexibility index (Phi) is 6.59. The lowest BCUT2D eigenvalue weighted by Gasteiger charge is -2.45. The van der Waals surface area contributed by atoms with Crippen LogP contribution in [0.15, 0.2) is 109 Å². The first kappa shape index (κ1) is 25.2. The average Bonchev–Trinajstić information content (AvgIpc) is 3.36. The van der Waals surface area contributed by atoms with Crippen molar-refractivity contribution in [2.45, 2.75) is 38.1 Å². The summed E-state index contributed by atoms with van der Waals surface area (Å²) >= 11 is 5.98. The third kappa shape index (κ3) is 3.81. The highest BCUT2D eigenvalue weighted by molar-refractivity contribution is 7.80. The SMILES string of the molecule is CCCN1c2ccc(C(c3ccccc3)(c3ccccc3)c3ccccc3)cc2-c2c(ssc2=S)C1(C)C. The number of hydrogen-bond acceptors (Lipinski definition) is 4. The van der Waals surface area contributed by atoms with E-state index in [1.807, 2.05) is 10.3 Å². The molecule has 0 radical (unpaired) electrons. The summed E-state index contributed by atoms with van der Waals surface area (Å²) in [7, 11) is 3.59. The second kappa shape index (κ2) is 9.92. The molecule has 1 aromatic heterocycles. The van der Waals surface area contributed by atoms with Crippen LogP contribution in [0.1, 0.15) is 54.3 Å². The van der Waals surface area contributed by atoms with E-state index in [0.717, 1.165) is 16.8 Å². The predicted octanol–water partition coefficient (Wildman–Crippen LogP) is 10.1. The molecule has 0 unspecified atom stereocenters. The zero-order valence-electron chi connectivity index (χ0n) is 22.0. The van der Waals surface area contributed by atoms with E-state index in [1.54, 1.807) is 10.3 Å². The fourth-order valence-electron chi connectivity index (χ4n) is 6.21. The molecular formula is C34H31NS3. The van der Waals surface area contributed by atoms with E-state index in [4.69, 9.17) is 12.2 Å². The summed E-state index contributed by atoms with van der Waals surface area (Å²) in [5, 5.41) is 0. The minimum Gasteiger partial charge on any atom is -0.361 e. The van der Waals surface area contributed by atoms with Gasteiger partial charge in [-0.15, -0.1) is 0 Å². The van der Waals surface area contributed by atoms with Crippen LogP contribution in [0.2, 0.25) is 0 Å². The van der Waals surface area contributed by atoms with Gasteiger partial charge in [0.2, 0.25) is 0 Å². The Hall–Kier alpha value is -3.05. The molecule has 2 heterocycles. The van der Waals surface area contributed by atoms with Crippen molar-refractivity contribution < 1.29 is 0 Å². The summed E-state index contributed by atoms with van der Waals surface area (Å²) in [6.45, 7) is 7.97. The van der Waals surface area contributed by atoms with Gasteiger partial charge in [-0.1, -0.05) is 137 Å². The lowest BCUT2D eigenvalue weighted by atomic mass is 9.64. The van der Waals surface area contributed by atoms with Gasteiger partial charge in [0.15, 0.2) is 0 Å². The number of rotatable bonds is 6. The second-order valence-corrected chi connectivity index (χ2v) is 13.3. The van der Waals surface area contributed by atoms with Crippen LogP contribution >= 0.6 is 32.9 Å². The Morgan fingerprint density at radius 1 is 0.711 bits per heavy atom. The molecule has 0 amide bonds. The monoisotopic (exact) mass is 549 g/mol. The maximum absolute atomic E-state index is 5.98. The minimum atomic E-state index is -0.470. The van der Waals surface area contributed by atoms with Crippen molar-refractivity contribution in [3.05, 3.63) is 140 Å². The molecule has 0 N–H and O–H groups in total. The maximum atomic E-state index is 5.98. The van der Waals surface area contributed by atoms with Crippen molar-refractivity contribution in [3.63, 3.8) is 0 Å². The van der Waals surface area contributed by atoms with Crippen LogP contribution in [0, 0.1) is 3.82 Å². The van der Waals surface area contributed by atoms with Gasteiger partial charge in [0, 0.05) is 23.4 Å². The lowest BCUT2D eigenvalue weighted by molar-refractivity contribution is 0.484. The Labute approximate surface area is 238 Å². The molecule has 1 aliphatic rings. The average molecular weight is 550 g/mol. The van der Waals surface area contributed by atoms with Gasteiger partial charge in [0.1, 0.15) is 3.82 Å². The summed E-state index contributed by atoms with van der Waals surface area (Å²) < 4.78 is 0.998. The molecular weight excluding hydrogens is 519 g/mol. The van der Waals surface area contributed by atoms with Crippen LogP contribution in [0.5, 0.6) is 0 Å². The molecule has 4 heteroatoms. The van der Waals surface area contributed by atoms with E-state index in [-0.39, 0.29) is 5.54 Å². The molecule has 0 spiro atoms. The van der Waals surface area contributed by atoms with Crippen molar-refractivity contribution in [3.8, 4) is 11.1 Å². The molecule has 38 heavy (non-hydrogen) atoms. The molecule has 1 aliphatic heterocycles. The van der Waals surface area contributed by atoms with E-state index < -0.39 is 5.41 Å². The first-order chi connectivity index (χ1) is 18.5. The summed E-state index contributed by atoms with van der Waals surface area (Å²) in [5.74, 6) is 0. The molecule has 4 aromatic carbocycles. The summed E-state index contributed by atoms with van der Waals surface area (Å²) in [6, 6.07) is 40.0. The molecule has 0 aliphatic carbocycles. The number of hydrogen-bond donors (Lipinski definition) is 0. The van der Waals surface area contributed by atoms with Crippen LogP contribution in [0.25, 0.3) is 11.1 Å². The van der Waals surface area contributed by atoms with Gasteiger partial charge in [-0.2, -0.15) is 0 Å². The number of anilines is 1. The van der Waals surface area contributed by atoms with Gasteiger partial charge in [-0.25, -0.2) is 0 Å². The molecule has 190 valence electrons. The fourth-order valence-corrected chi connectivity index (χ4v) is 9.51. The quantitative estimate of drug-likeness (QED) is 0.118. The van der Waals surface area contributed by atoms with Crippen LogP contribution in [-0.4, -0.2) is 6.54 Å². The number of nitrogens with zero attached hydrogens (tertiary/aromatic N) is 1. The molecule has 5 aromatic rings. The van der Waals surface area contributed by atoms with E-state index in [9.17, 15) is 0 Å². The van der Waals surface area contributed by atoms with Crippen molar-refractivity contribution in [1.29, 1.82) is 0 Å². The van der Waals surface area contributed by atoms with Gasteiger partial charge >= 0.3 is 0 Å². The largest absolute Gasteiger partial charge is 0.361 e. The fraction of sp³-hybridized carbons (Fsp3) is 0.206. The third-order valence-corrected chi connectivity index (χ3v) is 11.2. The van der Waals surface area contributed by atoms with Crippen LogP contribution in [-0.2, 0) is 11.0 Å². The van der Waals surface area contributed by atoms with Crippen LogP contribution in [0.4, 0.5) is 5.69 Å². The highest BCUT2D eigenvalue weighted by Crippen LogP contribution is 2.54. The molecule has 0 saturated carbocycles. The van der Waals surface area contributed by atoms with Gasteiger partial charge in [-0.05, 0) is 54.7 Å². The van der Waals surface area contributed by atoms with Crippen molar-refractivity contribution >= 4 is 38.6 Å². The second-order valence-electron chi connectivity index (χ2n) is 10.4. The Bertz CT molecular complexity index is 1520. The topological polar surface area (TPSA) is 3.24 Å². The summed E-state index contributed by atoms with van der Waals surface area (Å²) in [6.07, 6.45) is 1.09. The van der Waals surface area contributed by atoms with Gasteiger partial charge < -0.3 is 4.90 Å². The van der Waals surface area contributed by atoms with E-state index >= 15 is 0 Å². The minimum absolute atomic E-state index is 0.0898. The van der Waals surface area contributed by atoms with Crippen molar-refractivity contribution in [2.24, 2.45) is 0 Å². The van der Waals surface area contributed by atoms with Gasteiger partial charge in [-0.3, -0.25) is 0 Å². The summed E-state index contributed by atoms with van der Waals surface area (Å²) in [5.41, 5.74) is 8.27. The van der Waals surface area contributed by atoms with Crippen molar-refractivity contribution in [2.75, 3.05) is 11.4 Å². The molecule has 0 fully saturated rings. The van der Waals surface area contributed by atoms with Crippen LogP contribution < -0.4 is 4.90 Å². The van der Waals surface area contributed by atoms with Gasteiger partial charge in [0.05, 0.1) is 15.8 Å². The molecule has 1 nitrogen and oxygen atoms in total. The molecule has 0 bridgehead atoms. The van der Waals surface area contributed by atoms with E-state index in [2.05, 4.69) is 135 Å². The smallest absolute Gasteiger partial charge is 0.110 e. The first-order valence-corrected chi connectivity index (χ1v) is 15.8. The third-order valence-electron chi connectivity index (χ3n) is 7.92. The van der Waals surface area contributed by atoms with Crippen molar-refractivity contribution in [1.82, 2.24) is 0 Å². The lowest BCUT2D eigenvalue weighted by Crippen LogP contribution is -2.44. The molecule has 0 atom stereocenters. The first-order valence-electron chi connectivity index (χ1n) is 13.2. The van der Waals surface area contributed by atoms with Gasteiger partial charge in [0.25, 0.3) is 0 Å². The molecule has 0 saturated heterocycles. The zero-order valence-corrected chi connectivity index (χ0v) is 24.4. The zero-order chi connectivity index (χ0) is 26.3. The highest BCUT2D eigenvalue weighted by Gasteiger charge is 2.42. The Balaban J connectivity index is 1.72. The van der Waals surface area contributed by atoms with E-state index in [0.29, 0.717) is 0 Å². The molecule has 6 rings (SSSR count). The van der Waals surface area contributed by atoms with Crippen LogP contribution in [0.3, 0.4) is 0 Å². The normalized spacial score (nSPS) is 14.1. The Morgan fingerprint density at radius 3 is 1.74 bits per heavy atom. The standard InChI is InChI=1S/C34H31NS3/c1-4-22-35-29-21-20-27(23-28(29)30-31(33(35,2)3)37-38-32(30)36)34(24-14-8-5-9-15-24,25-16-10-6-11-17-25)26-18-12-7-13-19-26/h5-21,23H,4,22H2,1-3H3. The number of benzene rings is 4. The van der Waals surface area contributed by atoms with E-state index in [1.165, 1.54) is 43.9 Å². The highest BCUT2D eigenvalue weighted by atomic mass is 32.9. The summed E-state index contributed by atoms with van der Waals surface area (Å²) in [4.78, 5) is 3.97. The number of fused-ring (bicyclic) bond motifs is 3.